The Kier molecular flexibility index (Phi) is 4.00. The van der Waals surface area contributed by atoms with Gasteiger partial charge in [-0.25, -0.2) is 4.79 Å². The van der Waals surface area contributed by atoms with Crippen molar-refractivity contribution in [3.8, 4) is 5.75 Å². The van der Waals surface area contributed by atoms with Gasteiger partial charge in [0.2, 0.25) is 0 Å². The average molecular weight is 327 g/mol. The summed E-state index contributed by atoms with van der Waals surface area (Å²) in [6.07, 6.45) is 7.18. The summed E-state index contributed by atoms with van der Waals surface area (Å²) in [5.74, 6) is 0.447. The quantitative estimate of drug-likeness (QED) is 0.877. The van der Waals surface area contributed by atoms with Crippen molar-refractivity contribution in [1.82, 2.24) is 5.32 Å². The molecule has 0 unspecified atom stereocenters. The van der Waals surface area contributed by atoms with Crippen LogP contribution in [0.5, 0.6) is 5.75 Å². The molecule has 1 aromatic heterocycles. The molecule has 2 aromatic rings. The number of fused-ring (bicyclic) bond motifs is 3. The maximum absolute atomic E-state index is 12.0. The predicted molar refractivity (Wildman–Crippen MR) is 90.4 cm³/mol. The van der Waals surface area contributed by atoms with E-state index in [1.54, 1.807) is 6.07 Å². The van der Waals surface area contributed by atoms with Crippen LogP contribution < -0.4 is 15.7 Å². The van der Waals surface area contributed by atoms with Gasteiger partial charge in [0.15, 0.2) is 6.61 Å². The molecule has 5 heteroatoms. The molecule has 1 saturated carbocycles. The van der Waals surface area contributed by atoms with E-state index in [1.807, 2.05) is 12.1 Å². The summed E-state index contributed by atoms with van der Waals surface area (Å²) in [5.41, 5.74) is 2.21. The van der Waals surface area contributed by atoms with Gasteiger partial charge in [-0.15, -0.1) is 0 Å². The number of benzene rings is 1. The number of amides is 1. The second-order valence-electron chi connectivity index (χ2n) is 6.70. The molecule has 0 bridgehead atoms. The Bertz CT molecular complexity index is 833. The van der Waals surface area contributed by atoms with E-state index in [1.165, 1.54) is 12.8 Å². The molecule has 5 nitrogen and oxygen atoms in total. The van der Waals surface area contributed by atoms with Crippen LogP contribution in [0.25, 0.3) is 11.0 Å². The van der Waals surface area contributed by atoms with Crippen LogP contribution >= 0.6 is 0 Å². The fourth-order valence-corrected chi connectivity index (χ4v) is 3.84. The summed E-state index contributed by atoms with van der Waals surface area (Å²) >= 11 is 0. The van der Waals surface area contributed by atoms with Crippen molar-refractivity contribution < 1.29 is 13.9 Å². The molecule has 0 spiro atoms. The van der Waals surface area contributed by atoms with Crippen LogP contribution in [0.2, 0.25) is 0 Å². The first-order valence-corrected chi connectivity index (χ1v) is 8.71. The molecule has 0 aliphatic heterocycles. The highest BCUT2D eigenvalue weighted by atomic mass is 16.5. The smallest absolute Gasteiger partial charge is 0.339 e. The zero-order valence-electron chi connectivity index (χ0n) is 13.6. The van der Waals surface area contributed by atoms with Crippen molar-refractivity contribution in [3.63, 3.8) is 0 Å². The van der Waals surface area contributed by atoms with E-state index in [0.717, 1.165) is 48.6 Å². The molecule has 1 heterocycles. The van der Waals surface area contributed by atoms with E-state index in [0.29, 0.717) is 17.4 Å². The highest BCUT2D eigenvalue weighted by Gasteiger charge is 2.20. The number of carbonyl (C=O) groups is 1. The lowest BCUT2D eigenvalue weighted by molar-refractivity contribution is -0.123. The third-order valence-electron chi connectivity index (χ3n) is 5.04. The summed E-state index contributed by atoms with van der Waals surface area (Å²) in [5, 5.41) is 3.97. The number of rotatable bonds is 4. The SMILES string of the molecule is O=C(COc1ccc2c3c(c(=O)oc2c1)CCC3)NC1CCCC1. The van der Waals surface area contributed by atoms with E-state index >= 15 is 0 Å². The highest BCUT2D eigenvalue weighted by molar-refractivity contribution is 5.83. The van der Waals surface area contributed by atoms with Crippen LogP contribution in [0.1, 0.15) is 43.2 Å². The molecule has 1 amide bonds. The van der Waals surface area contributed by atoms with Gasteiger partial charge in [0.05, 0.1) is 0 Å². The molecule has 126 valence electrons. The van der Waals surface area contributed by atoms with E-state index in [4.69, 9.17) is 9.15 Å². The van der Waals surface area contributed by atoms with Crippen LogP contribution in [-0.4, -0.2) is 18.6 Å². The minimum absolute atomic E-state index is 0.0167. The fourth-order valence-electron chi connectivity index (χ4n) is 3.84. The zero-order chi connectivity index (χ0) is 16.5. The Morgan fingerprint density at radius 3 is 2.79 bits per heavy atom. The van der Waals surface area contributed by atoms with E-state index < -0.39 is 0 Å². The first kappa shape index (κ1) is 15.2. The van der Waals surface area contributed by atoms with Gasteiger partial charge < -0.3 is 14.5 Å². The second-order valence-corrected chi connectivity index (χ2v) is 6.70. The van der Waals surface area contributed by atoms with E-state index in [-0.39, 0.29) is 18.1 Å². The Balaban J connectivity index is 1.48. The van der Waals surface area contributed by atoms with Crippen molar-refractivity contribution in [2.24, 2.45) is 0 Å². The van der Waals surface area contributed by atoms with Crippen molar-refractivity contribution in [2.75, 3.05) is 6.61 Å². The van der Waals surface area contributed by atoms with Crippen LogP contribution in [0.4, 0.5) is 0 Å². The van der Waals surface area contributed by atoms with Crippen molar-refractivity contribution in [2.45, 2.75) is 51.0 Å². The monoisotopic (exact) mass is 327 g/mol. The van der Waals surface area contributed by atoms with Gasteiger partial charge in [0, 0.05) is 23.1 Å². The number of aryl methyl sites for hydroxylation is 1. The predicted octanol–water partition coefficient (Wildman–Crippen LogP) is 2.72. The highest BCUT2D eigenvalue weighted by Crippen LogP contribution is 2.29. The minimum atomic E-state index is -0.244. The molecule has 4 rings (SSSR count). The summed E-state index contributed by atoms with van der Waals surface area (Å²) < 4.78 is 11.0. The largest absolute Gasteiger partial charge is 0.484 e. The summed E-state index contributed by atoms with van der Waals surface area (Å²) in [6, 6.07) is 5.76. The topological polar surface area (TPSA) is 68.5 Å². The third kappa shape index (κ3) is 2.90. The maximum Gasteiger partial charge on any atom is 0.339 e. The summed E-state index contributed by atoms with van der Waals surface area (Å²) in [6.45, 7) is -0.0167. The van der Waals surface area contributed by atoms with Gasteiger partial charge in [-0.3, -0.25) is 4.79 Å². The fraction of sp³-hybridized carbons (Fsp3) is 0.474. The van der Waals surface area contributed by atoms with Crippen LogP contribution in [0, 0.1) is 0 Å². The van der Waals surface area contributed by atoms with Gasteiger partial charge in [0.25, 0.3) is 5.91 Å². The van der Waals surface area contributed by atoms with Gasteiger partial charge in [0.1, 0.15) is 11.3 Å². The van der Waals surface area contributed by atoms with Gasteiger partial charge in [-0.2, -0.15) is 0 Å². The standard InChI is InChI=1S/C19H21NO4/c21-18(20-12-4-1-2-5-12)11-23-13-8-9-15-14-6-3-7-16(14)19(22)24-17(15)10-13/h8-10,12H,1-7,11H2,(H,20,21). The van der Waals surface area contributed by atoms with Gasteiger partial charge in [-0.05, 0) is 49.8 Å². The Morgan fingerprint density at radius 2 is 1.96 bits per heavy atom. The molecule has 0 radical (unpaired) electrons. The minimum Gasteiger partial charge on any atom is -0.484 e. The first-order chi connectivity index (χ1) is 11.7. The molecular weight excluding hydrogens is 306 g/mol. The molecule has 0 saturated heterocycles. The lowest BCUT2D eigenvalue weighted by Crippen LogP contribution is -2.36. The lowest BCUT2D eigenvalue weighted by atomic mass is 10.1. The zero-order valence-corrected chi connectivity index (χ0v) is 13.6. The van der Waals surface area contributed by atoms with Gasteiger partial charge >= 0.3 is 5.63 Å². The Labute approximate surface area is 140 Å². The van der Waals surface area contributed by atoms with Crippen molar-refractivity contribution in [1.29, 1.82) is 0 Å². The van der Waals surface area contributed by atoms with E-state index in [2.05, 4.69) is 5.32 Å². The molecule has 2 aliphatic carbocycles. The van der Waals surface area contributed by atoms with Crippen molar-refractivity contribution in [3.05, 3.63) is 39.7 Å². The second kappa shape index (κ2) is 6.30. The molecule has 0 atom stereocenters. The number of nitrogens with one attached hydrogen (secondary N) is 1. The lowest BCUT2D eigenvalue weighted by Gasteiger charge is -2.13. The van der Waals surface area contributed by atoms with Crippen LogP contribution in [-0.2, 0) is 17.6 Å². The molecule has 24 heavy (non-hydrogen) atoms. The summed E-state index contributed by atoms with van der Waals surface area (Å²) in [7, 11) is 0. The van der Waals surface area contributed by atoms with Crippen LogP contribution in [0.15, 0.2) is 27.4 Å². The average Bonchev–Trinajstić information content (AvgIpc) is 3.24. The molecule has 1 aromatic carbocycles. The Morgan fingerprint density at radius 1 is 1.17 bits per heavy atom. The summed E-state index contributed by atoms with van der Waals surface area (Å²) in [4.78, 5) is 24.0. The number of hydrogen-bond acceptors (Lipinski definition) is 4. The normalized spacial score (nSPS) is 17.2. The Hall–Kier alpha value is -2.30. The number of hydrogen-bond donors (Lipinski definition) is 1. The molecule has 2 aliphatic rings. The van der Waals surface area contributed by atoms with E-state index in [9.17, 15) is 9.59 Å². The van der Waals surface area contributed by atoms with Gasteiger partial charge in [-0.1, -0.05) is 12.8 Å². The molecular formula is C19H21NO4. The third-order valence-corrected chi connectivity index (χ3v) is 5.04. The van der Waals surface area contributed by atoms with Crippen molar-refractivity contribution >= 4 is 16.9 Å². The molecule has 1 fully saturated rings. The first-order valence-electron chi connectivity index (χ1n) is 8.71. The maximum atomic E-state index is 12.0. The molecule has 1 N–H and O–H groups in total. The van der Waals surface area contributed by atoms with Crippen LogP contribution in [0.3, 0.4) is 0 Å². The number of ether oxygens (including phenoxy) is 1. The number of carbonyl (C=O) groups excluding carboxylic acids is 1.